The van der Waals surface area contributed by atoms with Crippen LogP contribution in [0.4, 0.5) is 16.0 Å². The highest BCUT2D eigenvalue weighted by molar-refractivity contribution is 6.37. The van der Waals surface area contributed by atoms with E-state index in [1.165, 1.54) is 6.07 Å². The number of nitrogens with zero attached hydrogens (tertiary/aromatic N) is 1. The Labute approximate surface area is 127 Å². The number of pyridine rings is 1. The smallest absolute Gasteiger partial charge is 0.147 e. The summed E-state index contributed by atoms with van der Waals surface area (Å²) in [5.74, 6) is 0.752. The van der Waals surface area contributed by atoms with Crippen molar-refractivity contribution >= 4 is 34.8 Å². The lowest BCUT2D eigenvalue weighted by Crippen LogP contribution is -2.07. The summed E-state index contributed by atoms with van der Waals surface area (Å²) in [7, 11) is 0. The van der Waals surface area contributed by atoms with Crippen LogP contribution >= 0.6 is 23.2 Å². The van der Waals surface area contributed by atoms with Crippen molar-refractivity contribution in [3.8, 4) is 0 Å². The largest absolute Gasteiger partial charge is 0.369 e. The van der Waals surface area contributed by atoms with Crippen LogP contribution in [0.1, 0.15) is 12.5 Å². The lowest BCUT2D eigenvalue weighted by molar-refractivity contribution is 0.613. The van der Waals surface area contributed by atoms with Crippen molar-refractivity contribution < 1.29 is 4.39 Å². The molecular formula is C14H14Cl2FN3. The van der Waals surface area contributed by atoms with E-state index >= 15 is 0 Å². The van der Waals surface area contributed by atoms with Gasteiger partial charge < -0.3 is 10.6 Å². The van der Waals surface area contributed by atoms with Crippen LogP contribution in [-0.4, -0.2) is 11.5 Å². The van der Waals surface area contributed by atoms with Gasteiger partial charge in [-0.25, -0.2) is 9.37 Å². The van der Waals surface area contributed by atoms with Crippen LogP contribution in [-0.2, 0) is 6.54 Å². The zero-order chi connectivity index (χ0) is 14.5. The molecule has 2 aromatic rings. The van der Waals surface area contributed by atoms with Crippen molar-refractivity contribution in [3.63, 3.8) is 0 Å². The van der Waals surface area contributed by atoms with E-state index in [0.29, 0.717) is 40.3 Å². The van der Waals surface area contributed by atoms with Crippen LogP contribution in [0.3, 0.4) is 0 Å². The average Bonchev–Trinajstić information content (AvgIpc) is 2.42. The lowest BCUT2D eigenvalue weighted by atomic mass is 10.2. The summed E-state index contributed by atoms with van der Waals surface area (Å²) in [5.41, 5.74) is 0.547. The van der Waals surface area contributed by atoms with Crippen molar-refractivity contribution in [1.29, 1.82) is 0 Å². The minimum absolute atomic E-state index is 0.267. The van der Waals surface area contributed by atoms with E-state index in [2.05, 4.69) is 15.6 Å². The molecule has 2 N–H and O–H groups in total. The maximum atomic E-state index is 13.5. The Bertz CT molecular complexity index is 605. The van der Waals surface area contributed by atoms with E-state index in [1.807, 2.05) is 6.92 Å². The molecule has 6 heteroatoms. The minimum atomic E-state index is -0.267. The molecule has 20 heavy (non-hydrogen) atoms. The Morgan fingerprint density at radius 2 is 1.75 bits per heavy atom. The number of rotatable bonds is 5. The molecule has 0 radical (unpaired) electrons. The van der Waals surface area contributed by atoms with Crippen molar-refractivity contribution in [2.75, 3.05) is 17.2 Å². The van der Waals surface area contributed by atoms with Gasteiger partial charge in [0.2, 0.25) is 0 Å². The van der Waals surface area contributed by atoms with Crippen molar-refractivity contribution in [3.05, 3.63) is 51.8 Å². The predicted octanol–water partition coefficient (Wildman–Crippen LogP) is 4.57. The summed E-state index contributed by atoms with van der Waals surface area (Å²) in [5, 5.41) is 6.90. The van der Waals surface area contributed by atoms with Crippen molar-refractivity contribution in [1.82, 2.24) is 4.98 Å². The third-order valence-electron chi connectivity index (χ3n) is 2.68. The number of hydrogen-bond acceptors (Lipinski definition) is 3. The second kappa shape index (κ2) is 6.77. The van der Waals surface area contributed by atoms with Gasteiger partial charge in [-0.2, -0.15) is 0 Å². The fourth-order valence-corrected chi connectivity index (χ4v) is 2.19. The van der Waals surface area contributed by atoms with E-state index in [1.54, 1.807) is 24.3 Å². The van der Waals surface area contributed by atoms with E-state index in [9.17, 15) is 4.39 Å². The second-order valence-electron chi connectivity index (χ2n) is 4.12. The van der Waals surface area contributed by atoms with Gasteiger partial charge in [-0.3, -0.25) is 0 Å². The van der Waals surface area contributed by atoms with Gasteiger partial charge >= 0.3 is 0 Å². The third kappa shape index (κ3) is 3.52. The van der Waals surface area contributed by atoms with Gasteiger partial charge in [-0.15, -0.1) is 0 Å². The molecule has 0 spiro atoms. The molecule has 0 fully saturated rings. The maximum Gasteiger partial charge on any atom is 0.147 e. The third-order valence-corrected chi connectivity index (χ3v) is 3.25. The Hall–Kier alpha value is -1.52. The highest BCUT2D eigenvalue weighted by Crippen LogP contribution is 2.29. The number of halogens is 3. The van der Waals surface area contributed by atoms with Gasteiger partial charge in [0.1, 0.15) is 17.5 Å². The van der Waals surface area contributed by atoms with Gasteiger partial charge in [-0.05, 0) is 19.1 Å². The molecule has 106 valence electrons. The molecule has 0 aliphatic rings. The maximum absolute atomic E-state index is 13.5. The van der Waals surface area contributed by atoms with Gasteiger partial charge in [0, 0.05) is 18.7 Å². The number of benzene rings is 1. The Balaban J connectivity index is 2.17. The molecule has 0 bridgehead atoms. The van der Waals surface area contributed by atoms with E-state index in [-0.39, 0.29) is 5.82 Å². The monoisotopic (exact) mass is 313 g/mol. The second-order valence-corrected chi connectivity index (χ2v) is 4.94. The number of aromatic nitrogens is 1. The predicted molar refractivity (Wildman–Crippen MR) is 82.1 cm³/mol. The first-order chi connectivity index (χ1) is 9.61. The zero-order valence-corrected chi connectivity index (χ0v) is 12.4. The molecular weight excluding hydrogens is 300 g/mol. The quantitative estimate of drug-likeness (QED) is 0.849. The van der Waals surface area contributed by atoms with Crippen molar-refractivity contribution in [2.24, 2.45) is 0 Å². The van der Waals surface area contributed by atoms with Crippen LogP contribution in [0.5, 0.6) is 0 Å². The summed E-state index contributed by atoms with van der Waals surface area (Å²) in [6, 6.07) is 8.16. The molecule has 1 aromatic heterocycles. The fraction of sp³-hybridized carbons (Fsp3) is 0.214. The van der Waals surface area contributed by atoms with E-state index in [0.717, 1.165) is 0 Å². The minimum Gasteiger partial charge on any atom is -0.369 e. The summed E-state index contributed by atoms with van der Waals surface area (Å²) >= 11 is 12.1. The van der Waals surface area contributed by atoms with Crippen molar-refractivity contribution in [2.45, 2.75) is 13.5 Å². The molecule has 0 saturated heterocycles. The average molecular weight is 314 g/mol. The van der Waals surface area contributed by atoms with E-state index in [4.69, 9.17) is 23.2 Å². The van der Waals surface area contributed by atoms with Gasteiger partial charge in [0.05, 0.1) is 10.0 Å². The Kier molecular flexibility index (Phi) is 5.04. The van der Waals surface area contributed by atoms with E-state index < -0.39 is 0 Å². The van der Waals surface area contributed by atoms with Crippen LogP contribution in [0.15, 0.2) is 30.3 Å². The molecule has 0 aliphatic heterocycles. The Morgan fingerprint density at radius 1 is 1.10 bits per heavy atom. The highest BCUT2D eigenvalue weighted by atomic mass is 35.5. The first-order valence-electron chi connectivity index (χ1n) is 6.19. The van der Waals surface area contributed by atoms with Crippen LogP contribution in [0.2, 0.25) is 10.0 Å². The Morgan fingerprint density at radius 3 is 2.40 bits per heavy atom. The van der Waals surface area contributed by atoms with Crippen LogP contribution in [0.25, 0.3) is 0 Å². The molecule has 0 unspecified atom stereocenters. The SMILES string of the molecule is CCNc1nc(NCc2ccccc2F)c(Cl)cc1Cl. The summed E-state index contributed by atoms with van der Waals surface area (Å²) in [4.78, 5) is 4.30. The normalized spacial score (nSPS) is 10.4. The number of anilines is 2. The fourth-order valence-electron chi connectivity index (χ4n) is 1.70. The van der Waals surface area contributed by atoms with Crippen LogP contribution < -0.4 is 10.6 Å². The molecule has 1 heterocycles. The highest BCUT2D eigenvalue weighted by Gasteiger charge is 2.09. The molecule has 0 amide bonds. The molecule has 0 atom stereocenters. The topological polar surface area (TPSA) is 37.0 Å². The van der Waals surface area contributed by atoms with Crippen LogP contribution in [0, 0.1) is 5.82 Å². The molecule has 3 nitrogen and oxygen atoms in total. The zero-order valence-electron chi connectivity index (χ0n) is 10.9. The van der Waals surface area contributed by atoms with Gasteiger partial charge in [0.15, 0.2) is 0 Å². The first kappa shape index (κ1) is 14.9. The molecule has 0 saturated carbocycles. The van der Waals surface area contributed by atoms with Gasteiger partial charge in [0.25, 0.3) is 0 Å². The first-order valence-corrected chi connectivity index (χ1v) is 6.94. The number of nitrogens with one attached hydrogen (secondary N) is 2. The number of hydrogen-bond donors (Lipinski definition) is 2. The standard InChI is InChI=1S/C14H14Cl2FN3/c1-2-18-13-10(15)7-11(16)14(20-13)19-8-9-5-3-4-6-12(9)17/h3-7H,2,8H2,1H3,(H2,18,19,20). The van der Waals surface area contributed by atoms with Gasteiger partial charge in [-0.1, -0.05) is 41.4 Å². The lowest BCUT2D eigenvalue weighted by Gasteiger charge is -2.12. The molecule has 1 aromatic carbocycles. The summed E-state index contributed by atoms with van der Waals surface area (Å²) in [6.07, 6.45) is 0. The molecule has 0 aliphatic carbocycles. The summed E-state index contributed by atoms with van der Waals surface area (Å²) in [6.45, 7) is 2.94. The molecule has 2 rings (SSSR count). The summed E-state index contributed by atoms with van der Waals surface area (Å²) < 4.78 is 13.5.